The van der Waals surface area contributed by atoms with Gasteiger partial charge < -0.3 is 5.11 Å². The molecule has 82 valence electrons. The molecule has 14 heavy (non-hydrogen) atoms. The molecule has 0 spiro atoms. The molecule has 0 bridgehead atoms. The Bertz CT molecular complexity index is 172. The third-order valence-corrected chi connectivity index (χ3v) is 1.93. The molecule has 0 aliphatic heterocycles. The standard InChI is InChI=1S/C13H24O/c1-4-5-6-7-8-9-10-11-12-13(2,3)14/h5-6,10-11,14H,4,7-9,12H2,1-3H3/b6-5+,11-10+. The number of aliphatic hydroxyl groups is 1. The zero-order valence-corrected chi connectivity index (χ0v) is 9.79. The second-order valence-corrected chi connectivity index (χ2v) is 4.30. The maximum absolute atomic E-state index is 9.43. The van der Waals surface area contributed by atoms with Gasteiger partial charge in [0, 0.05) is 0 Å². The van der Waals surface area contributed by atoms with Gasteiger partial charge in [0.25, 0.3) is 0 Å². The van der Waals surface area contributed by atoms with E-state index in [9.17, 15) is 5.11 Å². The summed E-state index contributed by atoms with van der Waals surface area (Å²) >= 11 is 0. The van der Waals surface area contributed by atoms with Crippen LogP contribution < -0.4 is 0 Å². The van der Waals surface area contributed by atoms with Crippen LogP contribution in [0.2, 0.25) is 0 Å². The van der Waals surface area contributed by atoms with Gasteiger partial charge in [-0.1, -0.05) is 31.2 Å². The number of rotatable bonds is 7. The van der Waals surface area contributed by atoms with Gasteiger partial charge in [-0.25, -0.2) is 0 Å². The molecular weight excluding hydrogens is 172 g/mol. The van der Waals surface area contributed by atoms with Gasteiger partial charge in [0.1, 0.15) is 0 Å². The average molecular weight is 196 g/mol. The molecule has 0 heterocycles. The lowest BCUT2D eigenvalue weighted by atomic mass is 10.1. The van der Waals surface area contributed by atoms with E-state index in [0.717, 1.165) is 19.3 Å². The van der Waals surface area contributed by atoms with E-state index in [1.807, 2.05) is 13.8 Å². The van der Waals surface area contributed by atoms with Crippen molar-refractivity contribution in [2.75, 3.05) is 0 Å². The molecule has 1 nitrogen and oxygen atoms in total. The molecule has 0 aliphatic rings. The third-order valence-electron chi connectivity index (χ3n) is 1.93. The Hall–Kier alpha value is -0.560. The minimum atomic E-state index is -0.557. The quantitative estimate of drug-likeness (QED) is 0.484. The van der Waals surface area contributed by atoms with Crippen molar-refractivity contribution in [1.29, 1.82) is 0 Å². The van der Waals surface area contributed by atoms with Crippen molar-refractivity contribution in [3.05, 3.63) is 24.3 Å². The molecule has 0 aliphatic carbocycles. The summed E-state index contributed by atoms with van der Waals surface area (Å²) in [4.78, 5) is 0. The van der Waals surface area contributed by atoms with Gasteiger partial charge in [0.05, 0.1) is 5.60 Å². The van der Waals surface area contributed by atoms with E-state index < -0.39 is 5.60 Å². The van der Waals surface area contributed by atoms with Crippen molar-refractivity contribution in [1.82, 2.24) is 0 Å². The molecule has 0 aromatic carbocycles. The first-order valence-corrected chi connectivity index (χ1v) is 5.58. The predicted molar refractivity (Wildman–Crippen MR) is 63.3 cm³/mol. The highest BCUT2D eigenvalue weighted by atomic mass is 16.3. The summed E-state index contributed by atoms with van der Waals surface area (Å²) in [6.07, 6.45) is 14.1. The fraction of sp³-hybridized carbons (Fsp3) is 0.692. The summed E-state index contributed by atoms with van der Waals surface area (Å²) < 4.78 is 0. The second-order valence-electron chi connectivity index (χ2n) is 4.30. The highest BCUT2D eigenvalue weighted by molar-refractivity contribution is 4.88. The summed E-state index contributed by atoms with van der Waals surface area (Å²) in [5.41, 5.74) is -0.557. The smallest absolute Gasteiger partial charge is 0.0626 e. The predicted octanol–water partition coefficient (Wildman–Crippen LogP) is 3.84. The molecular formula is C13H24O. The van der Waals surface area contributed by atoms with Crippen molar-refractivity contribution in [2.45, 2.75) is 58.5 Å². The van der Waals surface area contributed by atoms with Crippen LogP contribution in [0.5, 0.6) is 0 Å². The first-order valence-electron chi connectivity index (χ1n) is 5.58. The van der Waals surface area contributed by atoms with E-state index in [-0.39, 0.29) is 0 Å². The molecule has 0 unspecified atom stereocenters. The number of allylic oxidation sites excluding steroid dienone is 3. The molecule has 0 aromatic rings. The Balaban J connectivity index is 3.32. The summed E-state index contributed by atoms with van der Waals surface area (Å²) in [5, 5.41) is 9.43. The Kier molecular flexibility index (Phi) is 7.50. The Morgan fingerprint density at radius 2 is 1.57 bits per heavy atom. The third kappa shape index (κ3) is 11.4. The lowest BCUT2D eigenvalue weighted by Gasteiger charge is -2.13. The fourth-order valence-corrected chi connectivity index (χ4v) is 1.13. The van der Waals surface area contributed by atoms with Gasteiger partial charge in [-0.3, -0.25) is 0 Å². The molecule has 1 heteroatoms. The van der Waals surface area contributed by atoms with Gasteiger partial charge in [0.15, 0.2) is 0 Å². The van der Waals surface area contributed by atoms with Crippen LogP contribution >= 0.6 is 0 Å². The van der Waals surface area contributed by atoms with Crippen LogP contribution in [0.1, 0.15) is 52.9 Å². The fourth-order valence-electron chi connectivity index (χ4n) is 1.13. The zero-order chi connectivity index (χ0) is 10.9. The Morgan fingerprint density at radius 3 is 2.07 bits per heavy atom. The summed E-state index contributed by atoms with van der Waals surface area (Å²) in [6.45, 7) is 5.82. The van der Waals surface area contributed by atoms with Gasteiger partial charge in [-0.05, 0) is 46.0 Å². The maximum atomic E-state index is 9.43. The maximum Gasteiger partial charge on any atom is 0.0626 e. The van der Waals surface area contributed by atoms with Crippen LogP contribution in [0.3, 0.4) is 0 Å². The van der Waals surface area contributed by atoms with Crippen molar-refractivity contribution in [3.63, 3.8) is 0 Å². The molecule has 0 amide bonds. The van der Waals surface area contributed by atoms with Crippen LogP contribution in [0.15, 0.2) is 24.3 Å². The Labute approximate surface area is 88.5 Å². The van der Waals surface area contributed by atoms with Crippen LogP contribution in [0.25, 0.3) is 0 Å². The zero-order valence-electron chi connectivity index (χ0n) is 9.79. The molecule has 0 rings (SSSR count). The Morgan fingerprint density at radius 1 is 1.00 bits per heavy atom. The van der Waals surface area contributed by atoms with Crippen LogP contribution in [-0.4, -0.2) is 10.7 Å². The number of hydrogen-bond acceptors (Lipinski definition) is 1. The lowest BCUT2D eigenvalue weighted by Crippen LogP contribution is -2.16. The molecule has 0 aromatic heterocycles. The highest BCUT2D eigenvalue weighted by Gasteiger charge is 2.08. The van der Waals surface area contributed by atoms with Gasteiger partial charge >= 0.3 is 0 Å². The molecule has 0 saturated heterocycles. The summed E-state index contributed by atoms with van der Waals surface area (Å²) in [6, 6.07) is 0. The van der Waals surface area contributed by atoms with Crippen molar-refractivity contribution >= 4 is 0 Å². The van der Waals surface area contributed by atoms with Gasteiger partial charge in [0.2, 0.25) is 0 Å². The first-order chi connectivity index (χ1) is 6.56. The van der Waals surface area contributed by atoms with E-state index in [0.29, 0.717) is 0 Å². The van der Waals surface area contributed by atoms with Crippen molar-refractivity contribution < 1.29 is 5.11 Å². The summed E-state index contributed by atoms with van der Waals surface area (Å²) in [5.74, 6) is 0. The highest BCUT2D eigenvalue weighted by Crippen LogP contribution is 2.08. The molecule has 0 radical (unpaired) electrons. The van der Waals surface area contributed by atoms with Gasteiger partial charge in [-0.15, -0.1) is 0 Å². The second kappa shape index (κ2) is 7.81. The SMILES string of the molecule is CC/C=C/CCC/C=C/CC(C)(C)O. The van der Waals surface area contributed by atoms with Crippen molar-refractivity contribution in [3.8, 4) is 0 Å². The monoisotopic (exact) mass is 196 g/mol. The minimum Gasteiger partial charge on any atom is -0.390 e. The first kappa shape index (κ1) is 13.4. The van der Waals surface area contributed by atoms with E-state index >= 15 is 0 Å². The lowest BCUT2D eigenvalue weighted by molar-refractivity contribution is 0.0838. The molecule has 0 atom stereocenters. The van der Waals surface area contributed by atoms with Crippen LogP contribution in [0.4, 0.5) is 0 Å². The normalized spacial score (nSPS) is 13.1. The van der Waals surface area contributed by atoms with Crippen molar-refractivity contribution in [2.24, 2.45) is 0 Å². The van der Waals surface area contributed by atoms with E-state index in [1.165, 1.54) is 12.8 Å². The van der Waals surface area contributed by atoms with Crippen LogP contribution in [-0.2, 0) is 0 Å². The molecule has 0 saturated carbocycles. The molecule has 0 fully saturated rings. The topological polar surface area (TPSA) is 20.2 Å². The van der Waals surface area contributed by atoms with E-state index in [4.69, 9.17) is 0 Å². The summed E-state index contributed by atoms with van der Waals surface area (Å²) in [7, 11) is 0. The van der Waals surface area contributed by atoms with E-state index in [1.54, 1.807) is 0 Å². The van der Waals surface area contributed by atoms with E-state index in [2.05, 4.69) is 31.2 Å². The number of unbranched alkanes of at least 4 members (excludes halogenated alkanes) is 2. The van der Waals surface area contributed by atoms with Crippen LogP contribution in [0, 0.1) is 0 Å². The largest absolute Gasteiger partial charge is 0.390 e. The molecule has 1 N–H and O–H groups in total. The van der Waals surface area contributed by atoms with Gasteiger partial charge in [-0.2, -0.15) is 0 Å². The average Bonchev–Trinajstić information content (AvgIpc) is 2.08. The minimum absolute atomic E-state index is 0.557. The number of hydrogen-bond donors (Lipinski definition) is 1.